The zero-order valence-corrected chi connectivity index (χ0v) is 10.0. The minimum Gasteiger partial charge on any atom is -0.355 e. The van der Waals surface area contributed by atoms with Gasteiger partial charge in [-0.3, -0.25) is 10.2 Å². The molecule has 88 valence electrons. The number of nitrogens with one attached hydrogen (secondary N) is 2. The third-order valence-corrected chi connectivity index (χ3v) is 2.86. The van der Waals surface area contributed by atoms with Crippen LogP contribution in [0.25, 0.3) is 0 Å². The maximum Gasteiger partial charge on any atom is 0.238 e. The van der Waals surface area contributed by atoms with Gasteiger partial charge in [0, 0.05) is 13.1 Å². The summed E-state index contributed by atoms with van der Waals surface area (Å²) < 4.78 is 0. The minimum absolute atomic E-state index is 0.0298. The molecule has 0 aromatic carbocycles. The Balaban J connectivity index is 2.27. The van der Waals surface area contributed by atoms with Gasteiger partial charge in [0.15, 0.2) is 0 Å². The van der Waals surface area contributed by atoms with E-state index in [-0.39, 0.29) is 11.9 Å². The molecule has 1 saturated heterocycles. The fourth-order valence-electron chi connectivity index (χ4n) is 1.91. The zero-order chi connectivity index (χ0) is 11.3. The van der Waals surface area contributed by atoms with E-state index >= 15 is 0 Å². The topological polar surface area (TPSA) is 44.4 Å². The Morgan fingerprint density at radius 2 is 2.27 bits per heavy atom. The van der Waals surface area contributed by atoms with E-state index in [1.54, 1.807) is 0 Å². The molecule has 1 amide bonds. The van der Waals surface area contributed by atoms with Crippen molar-refractivity contribution in [1.29, 1.82) is 0 Å². The molecule has 0 aromatic rings. The van der Waals surface area contributed by atoms with Crippen LogP contribution in [0.4, 0.5) is 0 Å². The minimum atomic E-state index is 0.0298. The first-order chi connectivity index (χ1) is 7.15. The van der Waals surface area contributed by atoms with Crippen LogP contribution < -0.4 is 10.7 Å². The van der Waals surface area contributed by atoms with Crippen molar-refractivity contribution in [1.82, 2.24) is 15.8 Å². The van der Waals surface area contributed by atoms with Crippen LogP contribution in [0.2, 0.25) is 0 Å². The average molecular weight is 213 g/mol. The van der Waals surface area contributed by atoms with Crippen LogP contribution in [-0.2, 0) is 4.79 Å². The molecule has 0 spiro atoms. The van der Waals surface area contributed by atoms with Crippen molar-refractivity contribution in [2.75, 3.05) is 20.1 Å². The summed E-state index contributed by atoms with van der Waals surface area (Å²) in [5.41, 5.74) is 3.07. The molecule has 0 bridgehead atoms. The summed E-state index contributed by atoms with van der Waals surface area (Å²) in [6.07, 6.45) is 3.12. The van der Waals surface area contributed by atoms with Crippen molar-refractivity contribution < 1.29 is 4.79 Å². The molecule has 1 fully saturated rings. The second-order valence-electron chi connectivity index (χ2n) is 4.55. The van der Waals surface area contributed by atoms with E-state index in [1.165, 1.54) is 0 Å². The SMILES string of the molecule is CNN1CCCC1C(=O)NCCC(C)C. The van der Waals surface area contributed by atoms with Crippen molar-refractivity contribution >= 4 is 5.91 Å². The average Bonchev–Trinajstić information content (AvgIpc) is 2.64. The van der Waals surface area contributed by atoms with E-state index in [1.807, 2.05) is 12.1 Å². The van der Waals surface area contributed by atoms with Crippen LogP contribution in [-0.4, -0.2) is 37.1 Å². The molecule has 4 heteroatoms. The lowest BCUT2D eigenvalue weighted by atomic mass is 10.1. The summed E-state index contributed by atoms with van der Waals surface area (Å²) in [6, 6.07) is 0.0298. The first-order valence-corrected chi connectivity index (χ1v) is 5.87. The van der Waals surface area contributed by atoms with Crippen LogP contribution in [0.15, 0.2) is 0 Å². The second-order valence-corrected chi connectivity index (χ2v) is 4.55. The Bertz CT molecular complexity index is 206. The van der Waals surface area contributed by atoms with Gasteiger partial charge in [-0.2, -0.15) is 0 Å². The van der Waals surface area contributed by atoms with Crippen molar-refractivity contribution in [3.05, 3.63) is 0 Å². The van der Waals surface area contributed by atoms with Gasteiger partial charge in [-0.25, -0.2) is 5.01 Å². The summed E-state index contributed by atoms with van der Waals surface area (Å²) in [5, 5.41) is 5.02. The number of amides is 1. The van der Waals surface area contributed by atoms with Gasteiger partial charge in [-0.1, -0.05) is 13.8 Å². The highest BCUT2D eigenvalue weighted by Gasteiger charge is 2.29. The summed E-state index contributed by atoms with van der Waals surface area (Å²) in [7, 11) is 1.87. The fourth-order valence-corrected chi connectivity index (χ4v) is 1.91. The lowest BCUT2D eigenvalue weighted by Crippen LogP contribution is -2.48. The molecule has 0 aromatic heterocycles. The molecule has 1 rings (SSSR count). The van der Waals surface area contributed by atoms with Gasteiger partial charge in [0.05, 0.1) is 0 Å². The Labute approximate surface area is 92.4 Å². The highest BCUT2D eigenvalue weighted by atomic mass is 16.2. The number of hydrogen-bond acceptors (Lipinski definition) is 3. The molecular formula is C11H23N3O. The molecule has 0 saturated carbocycles. The van der Waals surface area contributed by atoms with Crippen LogP contribution in [0.5, 0.6) is 0 Å². The molecule has 2 N–H and O–H groups in total. The van der Waals surface area contributed by atoms with E-state index in [0.29, 0.717) is 5.92 Å². The van der Waals surface area contributed by atoms with Crippen LogP contribution in [0, 0.1) is 5.92 Å². The number of carbonyl (C=O) groups excluding carboxylic acids is 1. The largest absolute Gasteiger partial charge is 0.355 e. The lowest BCUT2D eigenvalue weighted by Gasteiger charge is -2.22. The van der Waals surface area contributed by atoms with Gasteiger partial charge in [0.25, 0.3) is 0 Å². The van der Waals surface area contributed by atoms with Gasteiger partial charge in [0.2, 0.25) is 5.91 Å². The molecule has 1 unspecified atom stereocenters. The molecule has 15 heavy (non-hydrogen) atoms. The van der Waals surface area contributed by atoms with Crippen molar-refractivity contribution in [3.63, 3.8) is 0 Å². The molecule has 1 aliphatic heterocycles. The second kappa shape index (κ2) is 6.08. The maximum atomic E-state index is 11.8. The normalized spacial score (nSPS) is 22.3. The van der Waals surface area contributed by atoms with Gasteiger partial charge in [0.1, 0.15) is 6.04 Å². The summed E-state index contributed by atoms with van der Waals surface area (Å²) in [5.74, 6) is 0.816. The van der Waals surface area contributed by atoms with Crippen LogP contribution in [0.3, 0.4) is 0 Å². The molecule has 4 nitrogen and oxygen atoms in total. The van der Waals surface area contributed by atoms with Crippen LogP contribution >= 0.6 is 0 Å². The van der Waals surface area contributed by atoms with Gasteiger partial charge >= 0.3 is 0 Å². The zero-order valence-electron chi connectivity index (χ0n) is 10.0. The van der Waals surface area contributed by atoms with Gasteiger partial charge < -0.3 is 5.32 Å². The highest BCUT2D eigenvalue weighted by molar-refractivity contribution is 5.81. The predicted octanol–water partition coefficient (Wildman–Crippen LogP) is 0.747. The summed E-state index contributed by atoms with van der Waals surface area (Å²) in [6.45, 7) is 6.10. The fraction of sp³-hybridized carbons (Fsp3) is 0.909. The third kappa shape index (κ3) is 3.80. The smallest absolute Gasteiger partial charge is 0.238 e. The quantitative estimate of drug-likeness (QED) is 0.708. The standard InChI is InChI=1S/C11H23N3O/c1-9(2)6-7-13-11(15)10-5-4-8-14(10)12-3/h9-10,12H,4-8H2,1-3H3,(H,13,15). The molecular weight excluding hydrogens is 190 g/mol. The van der Waals surface area contributed by atoms with Crippen molar-refractivity contribution in [3.8, 4) is 0 Å². The Hall–Kier alpha value is -0.610. The van der Waals surface area contributed by atoms with Crippen molar-refractivity contribution in [2.24, 2.45) is 5.92 Å². The van der Waals surface area contributed by atoms with E-state index < -0.39 is 0 Å². The van der Waals surface area contributed by atoms with E-state index in [9.17, 15) is 4.79 Å². The Morgan fingerprint density at radius 3 is 2.87 bits per heavy atom. The number of hydrazine groups is 1. The van der Waals surface area contributed by atoms with Crippen LogP contribution in [0.1, 0.15) is 33.1 Å². The molecule has 1 aliphatic rings. The first kappa shape index (κ1) is 12.5. The molecule has 0 radical (unpaired) electrons. The van der Waals surface area contributed by atoms with E-state index in [2.05, 4.69) is 24.6 Å². The Morgan fingerprint density at radius 1 is 1.53 bits per heavy atom. The lowest BCUT2D eigenvalue weighted by molar-refractivity contribution is -0.126. The Kier molecular flexibility index (Phi) is 5.05. The monoisotopic (exact) mass is 213 g/mol. The van der Waals surface area contributed by atoms with E-state index in [0.717, 1.165) is 32.4 Å². The first-order valence-electron chi connectivity index (χ1n) is 5.87. The summed E-state index contributed by atoms with van der Waals surface area (Å²) >= 11 is 0. The van der Waals surface area contributed by atoms with Gasteiger partial charge in [-0.05, 0) is 32.2 Å². The molecule has 1 atom stereocenters. The third-order valence-electron chi connectivity index (χ3n) is 2.86. The van der Waals surface area contributed by atoms with Crippen molar-refractivity contribution in [2.45, 2.75) is 39.2 Å². The molecule has 0 aliphatic carbocycles. The molecule has 1 heterocycles. The van der Waals surface area contributed by atoms with Gasteiger partial charge in [-0.15, -0.1) is 0 Å². The number of rotatable bonds is 5. The number of hydrogen-bond donors (Lipinski definition) is 2. The van der Waals surface area contributed by atoms with E-state index in [4.69, 9.17) is 0 Å². The predicted molar refractivity (Wildman–Crippen MR) is 61.3 cm³/mol. The highest BCUT2D eigenvalue weighted by Crippen LogP contribution is 2.14. The summed E-state index contributed by atoms with van der Waals surface area (Å²) in [4.78, 5) is 11.8. The number of nitrogens with zero attached hydrogens (tertiary/aromatic N) is 1. The number of carbonyl (C=O) groups is 1. The maximum absolute atomic E-state index is 11.8.